The van der Waals surface area contributed by atoms with Crippen LogP contribution >= 0.6 is 36.4 Å². The summed E-state index contributed by atoms with van der Waals surface area (Å²) in [4.78, 5) is 2.07. The van der Waals surface area contributed by atoms with Gasteiger partial charge in [-0.3, -0.25) is 0 Å². The van der Waals surface area contributed by atoms with Crippen LogP contribution in [0.15, 0.2) is 24.3 Å². The van der Waals surface area contributed by atoms with E-state index in [1.54, 1.807) is 0 Å². The molecule has 0 heterocycles. The van der Waals surface area contributed by atoms with E-state index in [1.165, 1.54) is 0 Å². The third-order valence-corrected chi connectivity index (χ3v) is 2.46. The molecule has 0 saturated carbocycles. The standard InChI is InChI=1S/C10H15ClN2.2ClH/c1-13(2)10(7-12)8-5-3-4-6-9(8)11;;/h3-6,10H,7,12H2,1-2H3;2*1H. The van der Waals surface area contributed by atoms with Gasteiger partial charge < -0.3 is 10.6 Å². The second kappa shape index (κ2) is 8.20. The van der Waals surface area contributed by atoms with Gasteiger partial charge in [0.1, 0.15) is 0 Å². The molecule has 1 atom stereocenters. The smallest absolute Gasteiger partial charge is 0.0479 e. The van der Waals surface area contributed by atoms with E-state index in [4.69, 9.17) is 17.3 Å². The molecule has 1 aromatic rings. The van der Waals surface area contributed by atoms with Crippen LogP contribution in [-0.2, 0) is 0 Å². The van der Waals surface area contributed by atoms with E-state index < -0.39 is 0 Å². The Kier molecular flexibility index (Phi) is 9.51. The molecule has 0 radical (unpaired) electrons. The molecule has 5 heteroatoms. The first-order valence-electron chi connectivity index (χ1n) is 4.27. The predicted octanol–water partition coefficient (Wildman–Crippen LogP) is 2.75. The summed E-state index contributed by atoms with van der Waals surface area (Å²) in [7, 11) is 4.00. The van der Waals surface area contributed by atoms with E-state index in [0.717, 1.165) is 10.6 Å². The minimum Gasteiger partial charge on any atom is -0.329 e. The molecule has 0 aliphatic carbocycles. The molecule has 2 N–H and O–H groups in total. The molecular formula is C10H17Cl3N2. The topological polar surface area (TPSA) is 29.3 Å². The molecule has 0 fully saturated rings. The molecule has 0 saturated heterocycles. The van der Waals surface area contributed by atoms with Gasteiger partial charge in [0.2, 0.25) is 0 Å². The highest BCUT2D eigenvalue weighted by Crippen LogP contribution is 2.24. The van der Waals surface area contributed by atoms with Gasteiger partial charge in [0.05, 0.1) is 0 Å². The van der Waals surface area contributed by atoms with E-state index >= 15 is 0 Å². The molecule has 2 nitrogen and oxygen atoms in total. The van der Waals surface area contributed by atoms with Gasteiger partial charge in [0, 0.05) is 17.6 Å². The van der Waals surface area contributed by atoms with Crippen molar-refractivity contribution in [2.45, 2.75) is 6.04 Å². The van der Waals surface area contributed by atoms with Crippen LogP contribution in [0.1, 0.15) is 11.6 Å². The van der Waals surface area contributed by atoms with Gasteiger partial charge in [0.15, 0.2) is 0 Å². The van der Waals surface area contributed by atoms with Crippen molar-refractivity contribution in [1.82, 2.24) is 4.90 Å². The first-order valence-corrected chi connectivity index (χ1v) is 4.65. The van der Waals surface area contributed by atoms with Gasteiger partial charge in [-0.25, -0.2) is 0 Å². The normalized spacial score (nSPS) is 11.5. The predicted molar refractivity (Wildman–Crippen MR) is 71.4 cm³/mol. The largest absolute Gasteiger partial charge is 0.329 e. The molecule has 1 rings (SSSR count). The zero-order valence-electron chi connectivity index (χ0n) is 8.81. The second-order valence-electron chi connectivity index (χ2n) is 3.24. The quantitative estimate of drug-likeness (QED) is 0.916. The summed E-state index contributed by atoms with van der Waals surface area (Å²) in [5.41, 5.74) is 6.77. The Morgan fingerprint density at radius 1 is 1.27 bits per heavy atom. The summed E-state index contributed by atoms with van der Waals surface area (Å²) in [5, 5.41) is 0.784. The van der Waals surface area contributed by atoms with Gasteiger partial charge in [-0.05, 0) is 25.7 Å². The van der Waals surface area contributed by atoms with Crippen molar-refractivity contribution < 1.29 is 0 Å². The lowest BCUT2D eigenvalue weighted by molar-refractivity contribution is 0.306. The van der Waals surface area contributed by atoms with Crippen LogP contribution in [-0.4, -0.2) is 25.5 Å². The van der Waals surface area contributed by atoms with Crippen molar-refractivity contribution >= 4 is 36.4 Å². The Bertz CT molecular complexity index is 279. The summed E-state index contributed by atoms with van der Waals surface area (Å²) in [6.07, 6.45) is 0. The number of nitrogens with two attached hydrogens (primary N) is 1. The van der Waals surface area contributed by atoms with Gasteiger partial charge >= 0.3 is 0 Å². The fourth-order valence-electron chi connectivity index (χ4n) is 1.36. The Hall–Kier alpha value is 0.01000. The number of benzene rings is 1. The van der Waals surface area contributed by atoms with Crippen molar-refractivity contribution in [3.63, 3.8) is 0 Å². The molecule has 1 unspecified atom stereocenters. The van der Waals surface area contributed by atoms with Crippen LogP contribution < -0.4 is 5.73 Å². The molecule has 0 bridgehead atoms. The Labute approximate surface area is 109 Å². The fraction of sp³-hybridized carbons (Fsp3) is 0.400. The molecule has 1 aromatic carbocycles. The van der Waals surface area contributed by atoms with Gasteiger partial charge in [-0.1, -0.05) is 29.8 Å². The number of rotatable bonds is 3. The molecule has 0 amide bonds. The Balaban J connectivity index is 0. The highest BCUT2D eigenvalue weighted by atomic mass is 35.5. The van der Waals surface area contributed by atoms with Crippen LogP contribution in [0.2, 0.25) is 5.02 Å². The van der Waals surface area contributed by atoms with Crippen molar-refractivity contribution in [3.8, 4) is 0 Å². The van der Waals surface area contributed by atoms with Crippen molar-refractivity contribution in [1.29, 1.82) is 0 Å². The molecule has 0 aromatic heterocycles. The molecule has 0 aliphatic rings. The lowest BCUT2D eigenvalue weighted by Gasteiger charge is -2.23. The first-order chi connectivity index (χ1) is 6.16. The summed E-state index contributed by atoms with van der Waals surface area (Å²) in [5.74, 6) is 0. The Morgan fingerprint density at radius 2 is 1.80 bits per heavy atom. The van der Waals surface area contributed by atoms with E-state index in [-0.39, 0.29) is 30.9 Å². The SMILES string of the molecule is CN(C)C(CN)c1ccccc1Cl.Cl.Cl. The molecule has 0 aliphatic heterocycles. The van der Waals surface area contributed by atoms with Crippen LogP contribution in [0.25, 0.3) is 0 Å². The minimum atomic E-state index is 0. The molecule has 88 valence electrons. The van der Waals surface area contributed by atoms with Gasteiger partial charge in [-0.15, -0.1) is 24.8 Å². The maximum Gasteiger partial charge on any atom is 0.0479 e. The maximum absolute atomic E-state index is 6.06. The highest BCUT2D eigenvalue weighted by molar-refractivity contribution is 6.31. The monoisotopic (exact) mass is 270 g/mol. The van der Waals surface area contributed by atoms with E-state index in [0.29, 0.717) is 6.54 Å². The Morgan fingerprint density at radius 3 is 2.20 bits per heavy atom. The molecular weight excluding hydrogens is 254 g/mol. The lowest BCUT2D eigenvalue weighted by Crippen LogP contribution is -2.27. The first kappa shape index (κ1) is 17.4. The summed E-state index contributed by atoms with van der Waals surface area (Å²) < 4.78 is 0. The highest BCUT2D eigenvalue weighted by Gasteiger charge is 2.13. The van der Waals surface area contributed by atoms with Gasteiger partial charge in [-0.2, -0.15) is 0 Å². The lowest BCUT2D eigenvalue weighted by atomic mass is 10.1. The summed E-state index contributed by atoms with van der Waals surface area (Å²) >= 11 is 6.06. The van der Waals surface area contributed by atoms with Crippen molar-refractivity contribution in [3.05, 3.63) is 34.9 Å². The number of hydrogen-bond acceptors (Lipinski definition) is 2. The molecule has 15 heavy (non-hydrogen) atoms. The minimum absolute atomic E-state index is 0. The van der Waals surface area contributed by atoms with Crippen molar-refractivity contribution in [2.24, 2.45) is 5.73 Å². The van der Waals surface area contributed by atoms with Crippen LogP contribution in [0, 0.1) is 0 Å². The zero-order chi connectivity index (χ0) is 9.84. The maximum atomic E-state index is 6.06. The number of hydrogen-bond donors (Lipinski definition) is 1. The van der Waals surface area contributed by atoms with Crippen LogP contribution in [0.3, 0.4) is 0 Å². The van der Waals surface area contributed by atoms with E-state index in [1.807, 2.05) is 38.4 Å². The second-order valence-corrected chi connectivity index (χ2v) is 3.64. The fourth-order valence-corrected chi connectivity index (χ4v) is 1.62. The average Bonchev–Trinajstić information content (AvgIpc) is 2.09. The van der Waals surface area contributed by atoms with Crippen LogP contribution in [0.4, 0.5) is 0 Å². The number of nitrogens with zero attached hydrogens (tertiary/aromatic N) is 1. The zero-order valence-corrected chi connectivity index (χ0v) is 11.2. The summed E-state index contributed by atoms with van der Waals surface area (Å²) in [6.45, 7) is 0.580. The molecule has 0 spiro atoms. The van der Waals surface area contributed by atoms with E-state index in [9.17, 15) is 0 Å². The number of halogens is 3. The average molecular weight is 272 g/mol. The summed E-state index contributed by atoms with van der Waals surface area (Å²) in [6, 6.07) is 8.01. The van der Waals surface area contributed by atoms with E-state index in [2.05, 4.69) is 4.90 Å². The third kappa shape index (κ3) is 4.58. The third-order valence-electron chi connectivity index (χ3n) is 2.11. The number of likely N-dealkylation sites (N-methyl/N-ethyl adjacent to an activating group) is 1. The van der Waals surface area contributed by atoms with Crippen LogP contribution in [0.5, 0.6) is 0 Å². The van der Waals surface area contributed by atoms with Gasteiger partial charge in [0.25, 0.3) is 0 Å². The van der Waals surface area contributed by atoms with Crippen molar-refractivity contribution in [2.75, 3.05) is 20.6 Å².